The normalized spacial score (nSPS) is 22.7. The highest BCUT2D eigenvalue weighted by atomic mass is 19.4. The van der Waals surface area contributed by atoms with Crippen LogP contribution in [0.15, 0.2) is 48.5 Å². The zero-order chi connectivity index (χ0) is 24.3. The predicted molar refractivity (Wildman–Crippen MR) is 126 cm³/mol. The van der Waals surface area contributed by atoms with E-state index in [0.717, 1.165) is 30.4 Å². The molecule has 184 valence electrons. The number of carbonyl (C=O) groups excluding carboxylic acids is 1. The Balaban J connectivity index is 1.45. The molecule has 0 radical (unpaired) electrons. The second kappa shape index (κ2) is 10.5. The molecule has 0 amide bonds. The molecule has 2 aliphatic rings. The number of piperazine rings is 1. The molecule has 34 heavy (non-hydrogen) atoms. The van der Waals surface area contributed by atoms with Gasteiger partial charge < -0.3 is 10.1 Å². The highest BCUT2D eigenvalue weighted by Gasteiger charge is 2.43. The fourth-order valence-corrected chi connectivity index (χ4v) is 5.07. The van der Waals surface area contributed by atoms with E-state index in [9.17, 15) is 18.0 Å². The van der Waals surface area contributed by atoms with Crippen LogP contribution in [-0.2, 0) is 22.4 Å². The largest absolute Gasteiger partial charge is 0.463 e. The molecular formula is C27H33F3N2O2. The van der Waals surface area contributed by atoms with Crippen molar-refractivity contribution in [3.63, 3.8) is 0 Å². The Kier molecular flexibility index (Phi) is 7.63. The van der Waals surface area contributed by atoms with Crippen LogP contribution in [-0.4, -0.2) is 49.3 Å². The zero-order valence-electron chi connectivity index (χ0n) is 19.8. The van der Waals surface area contributed by atoms with Crippen LogP contribution in [0.4, 0.5) is 13.2 Å². The number of hydrogen-bond donors (Lipinski definition) is 1. The molecule has 0 bridgehead atoms. The molecule has 1 heterocycles. The number of halogens is 3. The molecule has 0 saturated carbocycles. The van der Waals surface area contributed by atoms with Crippen molar-refractivity contribution in [3.8, 4) is 0 Å². The Labute approximate surface area is 199 Å². The number of nitrogens with zero attached hydrogens (tertiary/aromatic N) is 1. The Bertz CT molecular complexity index is 980. The standard InChI is InChI=1S/C27H33F3N2O2/c1-3-19-13-22-10-9-21(15-23(22)14-19)18(2)26(33)34-17-24(20-7-5-4-6-8-20)32-12-11-31-25(16-32)27(28,29)30/h4-10,15,18-19,24-25,31H,3,11-14,16-17H2,1-2H3. The molecule has 1 fully saturated rings. The molecule has 1 saturated heterocycles. The van der Waals surface area contributed by atoms with E-state index in [1.165, 1.54) is 11.1 Å². The van der Waals surface area contributed by atoms with E-state index in [1.54, 1.807) is 4.90 Å². The Morgan fingerprint density at radius 1 is 1.12 bits per heavy atom. The molecule has 1 aliphatic carbocycles. The molecule has 0 aromatic heterocycles. The quantitative estimate of drug-likeness (QED) is 0.572. The monoisotopic (exact) mass is 474 g/mol. The summed E-state index contributed by atoms with van der Waals surface area (Å²) in [4.78, 5) is 14.7. The summed E-state index contributed by atoms with van der Waals surface area (Å²) in [6, 6.07) is 13.5. The molecule has 4 atom stereocenters. The van der Waals surface area contributed by atoms with Gasteiger partial charge in [-0.3, -0.25) is 9.69 Å². The van der Waals surface area contributed by atoms with Crippen molar-refractivity contribution in [3.05, 3.63) is 70.8 Å². The van der Waals surface area contributed by atoms with E-state index in [0.29, 0.717) is 12.5 Å². The predicted octanol–water partition coefficient (Wildman–Crippen LogP) is 5.04. The molecule has 0 spiro atoms. The Morgan fingerprint density at radius 3 is 2.56 bits per heavy atom. The second-order valence-electron chi connectivity index (χ2n) is 9.53. The van der Waals surface area contributed by atoms with Gasteiger partial charge in [0.25, 0.3) is 0 Å². The first-order valence-corrected chi connectivity index (χ1v) is 12.1. The maximum absolute atomic E-state index is 13.4. The van der Waals surface area contributed by atoms with E-state index in [-0.39, 0.29) is 25.7 Å². The Morgan fingerprint density at radius 2 is 1.85 bits per heavy atom. The van der Waals surface area contributed by atoms with Crippen molar-refractivity contribution in [2.45, 2.75) is 57.3 Å². The third kappa shape index (κ3) is 5.63. The number of carbonyl (C=O) groups is 1. The van der Waals surface area contributed by atoms with Crippen molar-refractivity contribution >= 4 is 5.97 Å². The topological polar surface area (TPSA) is 41.6 Å². The number of ether oxygens (including phenoxy) is 1. The van der Waals surface area contributed by atoms with Crippen LogP contribution < -0.4 is 5.32 Å². The van der Waals surface area contributed by atoms with Gasteiger partial charge in [0.2, 0.25) is 0 Å². The lowest BCUT2D eigenvalue weighted by Gasteiger charge is -2.39. The number of alkyl halides is 3. The molecule has 4 unspecified atom stereocenters. The summed E-state index contributed by atoms with van der Waals surface area (Å²) >= 11 is 0. The minimum absolute atomic E-state index is 0.0145. The molecule has 2 aromatic rings. The SMILES string of the molecule is CCC1Cc2ccc(C(C)C(=O)OCC(c3ccccc3)N3CCNC(C(F)(F)F)C3)cc2C1. The van der Waals surface area contributed by atoms with Gasteiger partial charge in [0, 0.05) is 19.6 Å². The van der Waals surface area contributed by atoms with Gasteiger partial charge >= 0.3 is 12.1 Å². The first-order valence-electron chi connectivity index (χ1n) is 12.1. The van der Waals surface area contributed by atoms with Gasteiger partial charge in [-0.15, -0.1) is 0 Å². The minimum atomic E-state index is -4.32. The van der Waals surface area contributed by atoms with Crippen molar-refractivity contribution in [1.29, 1.82) is 0 Å². The van der Waals surface area contributed by atoms with Crippen LogP contribution in [0.2, 0.25) is 0 Å². The van der Waals surface area contributed by atoms with Gasteiger partial charge in [-0.1, -0.05) is 61.9 Å². The van der Waals surface area contributed by atoms with Gasteiger partial charge in [-0.2, -0.15) is 13.2 Å². The average Bonchev–Trinajstić information content (AvgIpc) is 3.26. The van der Waals surface area contributed by atoms with Crippen LogP contribution in [0.1, 0.15) is 54.5 Å². The van der Waals surface area contributed by atoms with Gasteiger partial charge in [0.15, 0.2) is 0 Å². The summed E-state index contributed by atoms with van der Waals surface area (Å²) in [6.07, 6.45) is -1.05. The molecule has 4 rings (SSSR count). The summed E-state index contributed by atoms with van der Waals surface area (Å²) in [7, 11) is 0. The number of hydrogen-bond acceptors (Lipinski definition) is 4. The van der Waals surface area contributed by atoms with E-state index in [4.69, 9.17) is 4.74 Å². The Hall–Kier alpha value is -2.38. The zero-order valence-corrected chi connectivity index (χ0v) is 19.8. The molecule has 1 N–H and O–H groups in total. The fraction of sp³-hybridized carbons (Fsp3) is 0.519. The second-order valence-corrected chi connectivity index (χ2v) is 9.53. The minimum Gasteiger partial charge on any atom is -0.463 e. The number of fused-ring (bicyclic) bond motifs is 1. The number of rotatable bonds is 7. The first-order chi connectivity index (χ1) is 16.3. The van der Waals surface area contributed by atoms with Crippen LogP contribution in [0, 0.1) is 5.92 Å². The molecule has 1 aliphatic heterocycles. The smallest absolute Gasteiger partial charge is 0.405 e. The number of benzene rings is 2. The molecule has 7 heteroatoms. The third-order valence-electron chi connectivity index (χ3n) is 7.29. The highest BCUT2D eigenvalue weighted by molar-refractivity contribution is 5.77. The fourth-order valence-electron chi connectivity index (χ4n) is 5.07. The molecular weight excluding hydrogens is 441 g/mol. The lowest BCUT2D eigenvalue weighted by Crippen LogP contribution is -2.58. The first kappa shape index (κ1) is 24.7. The summed E-state index contributed by atoms with van der Waals surface area (Å²) in [6.45, 7) is 4.54. The van der Waals surface area contributed by atoms with Crippen LogP contribution in [0.3, 0.4) is 0 Å². The van der Waals surface area contributed by atoms with Crippen molar-refractivity contribution in [2.75, 3.05) is 26.2 Å². The van der Waals surface area contributed by atoms with Gasteiger partial charge in [-0.25, -0.2) is 0 Å². The number of esters is 1. The van der Waals surface area contributed by atoms with Crippen molar-refractivity contribution in [2.24, 2.45) is 5.92 Å². The molecule has 2 aromatic carbocycles. The maximum atomic E-state index is 13.4. The van der Waals surface area contributed by atoms with Crippen LogP contribution in [0.5, 0.6) is 0 Å². The van der Waals surface area contributed by atoms with E-state index in [1.807, 2.05) is 43.3 Å². The van der Waals surface area contributed by atoms with Crippen molar-refractivity contribution in [1.82, 2.24) is 10.2 Å². The highest BCUT2D eigenvalue weighted by Crippen LogP contribution is 2.32. The summed E-state index contributed by atoms with van der Waals surface area (Å²) in [5.74, 6) is -0.125. The van der Waals surface area contributed by atoms with Crippen molar-refractivity contribution < 1.29 is 22.7 Å². The summed E-state index contributed by atoms with van der Waals surface area (Å²) < 4.78 is 45.8. The number of nitrogens with one attached hydrogen (secondary N) is 1. The van der Waals surface area contributed by atoms with E-state index >= 15 is 0 Å². The van der Waals surface area contributed by atoms with Crippen LogP contribution in [0.25, 0.3) is 0 Å². The third-order valence-corrected chi connectivity index (χ3v) is 7.29. The lowest BCUT2D eigenvalue weighted by molar-refractivity contribution is -0.169. The summed E-state index contributed by atoms with van der Waals surface area (Å²) in [5.41, 5.74) is 4.44. The van der Waals surface area contributed by atoms with E-state index < -0.39 is 24.2 Å². The average molecular weight is 475 g/mol. The van der Waals surface area contributed by atoms with Gasteiger partial charge in [-0.05, 0) is 47.9 Å². The molecule has 4 nitrogen and oxygen atoms in total. The van der Waals surface area contributed by atoms with E-state index in [2.05, 4.69) is 24.4 Å². The lowest BCUT2D eigenvalue weighted by atomic mass is 9.97. The van der Waals surface area contributed by atoms with Gasteiger partial charge in [0.1, 0.15) is 12.6 Å². The maximum Gasteiger partial charge on any atom is 0.405 e. The van der Waals surface area contributed by atoms with Crippen LogP contribution >= 0.6 is 0 Å². The summed E-state index contributed by atoms with van der Waals surface area (Å²) in [5, 5.41) is 2.55. The van der Waals surface area contributed by atoms with Gasteiger partial charge in [0.05, 0.1) is 12.0 Å².